The Balaban J connectivity index is 2.06. The molecule has 0 unspecified atom stereocenters. The highest BCUT2D eigenvalue weighted by Gasteiger charge is 2.25. The van der Waals surface area contributed by atoms with E-state index < -0.39 is 5.60 Å². The number of anilines is 1. The Hall–Kier alpha value is -1.79. The lowest BCUT2D eigenvalue weighted by Gasteiger charge is -2.30. The molecule has 2 rings (SSSR count). The fraction of sp³-hybridized carbons (Fsp3) is 0.682. The molecule has 1 heterocycles. The van der Waals surface area contributed by atoms with Gasteiger partial charge in [-0.3, -0.25) is 0 Å². The summed E-state index contributed by atoms with van der Waals surface area (Å²) in [6.45, 7) is 11.6. The van der Waals surface area contributed by atoms with Crippen LogP contribution in [-0.4, -0.2) is 56.1 Å². The molecule has 6 nitrogen and oxygen atoms in total. The molecule has 0 atom stereocenters. The van der Waals surface area contributed by atoms with Crippen molar-refractivity contribution in [3.05, 3.63) is 29.8 Å². The molecule has 0 aliphatic carbocycles. The minimum Gasteiger partial charge on any atom is -0.388 e. The Morgan fingerprint density at radius 3 is 2.43 bits per heavy atom. The third kappa shape index (κ3) is 6.99. The van der Waals surface area contributed by atoms with E-state index in [0.717, 1.165) is 64.5 Å². The molecule has 6 heteroatoms. The van der Waals surface area contributed by atoms with Crippen LogP contribution in [0.15, 0.2) is 29.3 Å². The summed E-state index contributed by atoms with van der Waals surface area (Å²) in [4.78, 5) is 7.16. The first kappa shape index (κ1) is 22.5. The maximum atomic E-state index is 10.9. The van der Waals surface area contributed by atoms with Crippen LogP contribution in [0.1, 0.15) is 52.0 Å². The Labute approximate surface area is 170 Å². The second kappa shape index (κ2) is 11.9. The van der Waals surface area contributed by atoms with Gasteiger partial charge in [0.05, 0.1) is 25.4 Å². The van der Waals surface area contributed by atoms with Crippen LogP contribution in [0.3, 0.4) is 0 Å². The second-order valence-corrected chi connectivity index (χ2v) is 7.50. The molecule has 0 radical (unpaired) electrons. The van der Waals surface area contributed by atoms with Gasteiger partial charge in [-0.05, 0) is 31.4 Å². The summed E-state index contributed by atoms with van der Waals surface area (Å²) in [6, 6.07) is 8.45. The van der Waals surface area contributed by atoms with Gasteiger partial charge in [-0.25, -0.2) is 4.99 Å². The SMILES string of the molecule is CCCC(O)(CCC)CNC(=NCc1ccccc1N1CCOCC1)NCC. The largest absolute Gasteiger partial charge is 0.388 e. The molecule has 3 N–H and O–H groups in total. The number of aliphatic imine (C=N–C) groups is 1. The molecular weight excluding hydrogens is 352 g/mol. The third-order valence-electron chi connectivity index (χ3n) is 5.11. The molecule has 1 aromatic carbocycles. The summed E-state index contributed by atoms with van der Waals surface area (Å²) >= 11 is 0. The third-order valence-corrected chi connectivity index (χ3v) is 5.11. The van der Waals surface area contributed by atoms with Gasteiger partial charge < -0.3 is 25.4 Å². The smallest absolute Gasteiger partial charge is 0.191 e. The number of nitrogens with zero attached hydrogens (tertiary/aromatic N) is 2. The van der Waals surface area contributed by atoms with Gasteiger partial charge in [-0.15, -0.1) is 0 Å². The standard InChI is InChI=1S/C22H38N4O2/c1-4-11-22(27,12-5-2)18-25-21(23-6-3)24-17-19-9-7-8-10-20(19)26-13-15-28-16-14-26/h7-10,27H,4-6,11-18H2,1-3H3,(H2,23,24,25). The van der Waals surface area contributed by atoms with E-state index in [1.807, 2.05) is 0 Å². The molecule has 0 aromatic heterocycles. The molecule has 28 heavy (non-hydrogen) atoms. The van der Waals surface area contributed by atoms with Crippen LogP contribution >= 0.6 is 0 Å². The summed E-state index contributed by atoms with van der Waals surface area (Å²) in [7, 11) is 0. The average molecular weight is 391 g/mol. The Morgan fingerprint density at radius 1 is 1.11 bits per heavy atom. The monoisotopic (exact) mass is 390 g/mol. The van der Waals surface area contributed by atoms with Gasteiger partial charge in [0, 0.05) is 31.9 Å². The van der Waals surface area contributed by atoms with Crippen LogP contribution in [0.2, 0.25) is 0 Å². The van der Waals surface area contributed by atoms with Gasteiger partial charge >= 0.3 is 0 Å². The highest BCUT2D eigenvalue weighted by molar-refractivity contribution is 5.80. The number of ether oxygens (including phenoxy) is 1. The van der Waals surface area contributed by atoms with Crippen LogP contribution in [0, 0.1) is 0 Å². The number of benzene rings is 1. The number of morpholine rings is 1. The van der Waals surface area contributed by atoms with Crippen molar-refractivity contribution in [2.45, 2.75) is 58.6 Å². The van der Waals surface area contributed by atoms with Gasteiger partial charge in [0.2, 0.25) is 0 Å². The minimum absolute atomic E-state index is 0.519. The van der Waals surface area contributed by atoms with Crippen LogP contribution in [0.25, 0.3) is 0 Å². The van der Waals surface area contributed by atoms with Gasteiger partial charge in [0.1, 0.15) is 0 Å². The van der Waals surface area contributed by atoms with Crippen LogP contribution in [0.5, 0.6) is 0 Å². The molecule has 1 fully saturated rings. The summed E-state index contributed by atoms with van der Waals surface area (Å²) < 4.78 is 5.48. The predicted molar refractivity (Wildman–Crippen MR) is 117 cm³/mol. The fourth-order valence-electron chi connectivity index (χ4n) is 3.74. The zero-order chi connectivity index (χ0) is 20.2. The molecule has 0 saturated carbocycles. The average Bonchev–Trinajstić information content (AvgIpc) is 2.71. The first-order chi connectivity index (χ1) is 13.6. The number of hydrogen-bond donors (Lipinski definition) is 3. The van der Waals surface area contributed by atoms with Crippen LogP contribution in [0.4, 0.5) is 5.69 Å². The lowest BCUT2D eigenvalue weighted by molar-refractivity contribution is 0.0257. The number of guanidine groups is 1. The van der Waals surface area contributed by atoms with E-state index in [1.165, 1.54) is 11.3 Å². The number of hydrogen-bond acceptors (Lipinski definition) is 4. The summed E-state index contributed by atoms with van der Waals surface area (Å²) in [5.74, 6) is 0.755. The maximum absolute atomic E-state index is 10.9. The van der Waals surface area contributed by atoms with Crippen molar-refractivity contribution in [1.29, 1.82) is 0 Å². The normalized spacial score (nSPS) is 15.6. The first-order valence-electron chi connectivity index (χ1n) is 10.8. The molecule has 1 aromatic rings. The van der Waals surface area contributed by atoms with Crippen LogP contribution in [-0.2, 0) is 11.3 Å². The Bertz CT molecular complexity index is 594. The van der Waals surface area contributed by atoms with Gasteiger partial charge in [-0.1, -0.05) is 44.9 Å². The van der Waals surface area contributed by atoms with E-state index in [4.69, 9.17) is 9.73 Å². The Kier molecular flexibility index (Phi) is 9.58. The highest BCUT2D eigenvalue weighted by atomic mass is 16.5. The highest BCUT2D eigenvalue weighted by Crippen LogP contribution is 2.22. The molecule has 0 bridgehead atoms. The minimum atomic E-state index is -0.675. The zero-order valence-corrected chi connectivity index (χ0v) is 17.8. The summed E-state index contributed by atoms with van der Waals surface area (Å²) in [6.07, 6.45) is 3.54. The zero-order valence-electron chi connectivity index (χ0n) is 17.8. The van der Waals surface area contributed by atoms with Crippen molar-refractivity contribution in [3.63, 3.8) is 0 Å². The van der Waals surface area contributed by atoms with Crippen molar-refractivity contribution in [3.8, 4) is 0 Å². The Morgan fingerprint density at radius 2 is 1.79 bits per heavy atom. The molecular formula is C22H38N4O2. The van der Waals surface area contributed by atoms with Gasteiger partial charge in [0.15, 0.2) is 5.96 Å². The predicted octanol–water partition coefficient (Wildman–Crippen LogP) is 2.91. The number of aliphatic hydroxyl groups is 1. The fourth-order valence-corrected chi connectivity index (χ4v) is 3.74. The number of rotatable bonds is 10. The van der Waals surface area contributed by atoms with Crippen LogP contribution < -0.4 is 15.5 Å². The van der Waals surface area contributed by atoms with Crippen molar-refractivity contribution < 1.29 is 9.84 Å². The maximum Gasteiger partial charge on any atom is 0.191 e. The second-order valence-electron chi connectivity index (χ2n) is 7.50. The van der Waals surface area contributed by atoms with E-state index in [1.54, 1.807) is 0 Å². The van der Waals surface area contributed by atoms with E-state index in [9.17, 15) is 5.11 Å². The number of para-hydroxylation sites is 1. The quantitative estimate of drug-likeness (QED) is 0.423. The molecule has 1 aliphatic rings. The topological polar surface area (TPSA) is 69.1 Å². The van der Waals surface area contributed by atoms with E-state index in [2.05, 4.69) is 60.6 Å². The van der Waals surface area contributed by atoms with E-state index >= 15 is 0 Å². The lowest BCUT2D eigenvalue weighted by atomic mass is 9.93. The summed E-state index contributed by atoms with van der Waals surface area (Å²) in [5.41, 5.74) is 1.77. The van der Waals surface area contributed by atoms with Crippen molar-refractivity contribution in [1.82, 2.24) is 10.6 Å². The summed E-state index contributed by atoms with van der Waals surface area (Å²) in [5, 5.41) is 17.5. The molecule has 0 amide bonds. The molecule has 1 saturated heterocycles. The lowest BCUT2D eigenvalue weighted by Crippen LogP contribution is -2.47. The molecule has 0 spiro atoms. The van der Waals surface area contributed by atoms with E-state index in [0.29, 0.717) is 13.1 Å². The molecule has 1 aliphatic heterocycles. The van der Waals surface area contributed by atoms with Crippen molar-refractivity contribution in [2.75, 3.05) is 44.3 Å². The van der Waals surface area contributed by atoms with Gasteiger partial charge in [0.25, 0.3) is 0 Å². The first-order valence-corrected chi connectivity index (χ1v) is 10.8. The van der Waals surface area contributed by atoms with Gasteiger partial charge in [-0.2, -0.15) is 0 Å². The number of nitrogens with one attached hydrogen (secondary N) is 2. The van der Waals surface area contributed by atoms with Crippen molar-refractivity contribution >= 4 is 11.6 Å². The molecule has 158 valence electrons. The van der Waals surface area contributed by atoms with Crippen molar-refractivity contribution in [2.24, 2.45) is 4.99 Å². The van der Waals surface area contributed by atoms with E-state index in [-0.39, 0.29) is 0 Å².